The van der Waals surface area contributed by atoms with Crippen molar-refractivity contribution in [3.63, 3.8) is 0 Å². The van der Waals surface area contributed by atoms with Crippen molar-refractivity contribution >= 4 is 0 Å². The van der Waals surface area contributed by atoms with Crippen LogP contribution in [0.15, 0.2) is 18.3 Å². The molecule has 0 aromatic carbocycles. The van der Waals surface area contributed by atoms with Crippen LogP contribution >= 0.6 is 0 Å². The minimum absolute atomic E-state index is 0.134. The summed E-state index contributed by atoms with van der Waals surface area (Å²) in [5, 5.41) is 9.86. The highest BCUT2D eigenvalue weighted by Gasteiger charge is 2.25. The van der Waals surface area contributed by atoms with Gasteiger partial charge in [-0.15, -0.1) is 0 Å². The first-order valence-electron chi connectivity index (χ1n) is 4.03. The Morgan fingerprint density at radius 2 is 2.38 bits per heavy atom. The van der Waals surface area contributed by atoms with Crippen LogP contribution < -0.4 is 10.5 Å². The molecule has 0 saturated carbocycles. The lowest BCUT2D eigenvalue weighted by atomic mass is 9.97. The second-order valence-corrected chi connectivity index (χ2v) is 3.04. The molecular weight excluding hydrogens is 168 g/mol. The van der Waals surface area contributed by atoms with Gasteiger partial charge < -0.3 is 15.6 Å². The average molecular weight is 182 g/mol. The normalized spacial score (nSPS) is 15.1. The van der Waals surface area contributed by atoms with Crippen LogP contribution in [0, 0.1) is 0 Å². The maximum absolute atomic E-state index is 9.86. The average Bonchev–Trinajstić information content (AvgIpc) is 2.18. The summed E-state index contributed by atoms with van der Waals surface area (Å²) in [5.74, 6) is 0.415. The van der Waals surface area contributed by atoms with Gasteiger partial charge in [-0.1, -0.05) is 0 Å². The number of hydrogen-bond acceptors (Lipinski definition) is 4. The van der Waals surface area contributed by atoms with Gasteiger partial charge >= 0.3 is 0 Å². The molecule has 0 aliphatic carbocycles. The largest absolute Gasteiger partial charge is 0.481 e. The Balaban J connectivity index is 3.12. The fourth-order valence-corrected chi connectivity index (χ4v) is 1.07. The van der Waals surface area contributed by atoms with Gasteiger partial charge in [0.15, 0.2) is 0 Å². The third-order valence-electron chi connectivity index (χ3n) is 1.94. The van der Waals surface area contributed by atoms with Gasteiger partial charge in [0, 0.05) is 18.3 Å². The smallest absolute Gasteiger partial charge is 0.219 e. The first-order valence-corrected chi connectivity index (χ1v) is 4.03. The van der Waals surface area contributed by atoms with Crippen molar-refractivity contribution in [3.05, 3.63) is 23.9 Å². The van der Waals surface area contributed by atoms with E-state index in [4.69, 9.17) is 10.5 Å². The number of nitrogens with zero attached hydrogens (tertiary/aromatic N) is 1. The summed E-state index contributed by atoms with van der Waals surface area (Å²) in [7, 11) is 1.51. The lowest BCUT2D eigenvalue weighted by Gasteiger charge is -2.22. The molecule has 1 rings (SSSR count). The van der Waals surface area contributed by atoms with E-state index in [-0.39, 0.29) is 6.54 Å². The number of ether oxygens (including phenoxy) is 1. The number of hydrogen-bond donors (Lipinski definition) is 2. The summed E-state index contributed by atoms with van der Waals surface area (Å²) in [6.45, 7) is 1.77. The fourth-order valence-electron chi connectivity index (χ4n) is 1.07. The summed E-state index contributed by atoms with van der Waals surface area (Å²) in [4.78, 5) is 3.97. The van der Waals surface area contributed by atoms with E-state index in [0.717, 1.165) is 0 Å². The van der Waals surface area contributed by atoms with Gasteiger partial charge in [0.05, 0.1) is 7.11 Å². The van der Waals surface area contributed by atoms with Crippen LogP contribution in [-0.4, -0.2) is 23.7 Å². The summed E-state index contributed by atoms with van der Waals surface area (Å²) in [6.07, 6.45) is 1.61. The molecule has 4 heteroatoms. The molecule has 0 fully saturated rings. The van der Waals surface area contributed by atoms with Crippen LogP contribution in [0.4, 0.5) is 0 Å². The van der Waals surface area contributed by atoms with E-state index >= 15 is 0 Å². The Morgan fingerprint density at radius 1 is 1.69 bits per heavy atom. The molecule has 0 aliphatic rings. The highest BCUT2D eigenvalue weighted by molar-refractivity contribution is 5.31. The fraction of sp³-hybridized carbons (Fsp3) is 0.444. The summed E-state index contributed by atoms with van der Waals surface area (Å²) in [6, 6.07) is 3.49. The standard InChI is InChI=1S/C9H14N2O2/c1-9(12,6-10)7-4-3-5-11-8(7)13-2/h3-5,12H,6,10H2,1-2H3. The third kappa shape index (κ3) is 1.96. The minimum atomic E-state index is -1.08. The van der Waals surface area contributed by atoms with Gasteiger partial charge in [0.2, 0.25) is 5.88 Å². The highest BCUT2D eigenvalue weighted by Crippen LogP contribution is 2.26. The summed E-state index contributed by atoms with van der Waals surface area (Å²) >= 11 is 0. The maximum atomic E-state index is 9.86. The molecule has 0 aliphatic heterocycles. The van der Waals surface area contributed by atoms with Gasteiger partial charge in [-0.2, -0.15) is 0 Å². The molecule has 0 spiro atoms. The van der Waals surface area contributed by atoms with E-state index in [2.05, 4.69) is 4.98 Å². The van der Waals surface area contributed by atoms with Crippen LogP contribution in [0.1, 0.15) is 12.5 Å². The predicted octanol–water partition coefficient (Wildman–Crippen LogP) is 0.256. The zero-order valence-electron chi connectivity index (χ0n) is 7.82. The molecule has 13 heavy (non-hydrogen) atoms. The second kappa shape index (κ2) is 3.72. The third-order valence-corrected chi connectivity index (χ3v) is 1.94. The Hall–Kier alpha value is -1.13. The van der Waals surface area contributed by atoms with E-state index in [9.17, 15) is 5.11 Å². The zero-order chi connectivity index (χ0) is 9.90. The van der Waals surface area contributed by atoms with Gasteiger partial charge in [-0.05, 0) is 19.1 Å². The van der Waals surface area contributed by atoms with Gasteiger partial charge in [-0.3, -0.25) is 0 Å². The molecule has 72 valence electrons. The van der Waals surface area contributed by atoms with Crippen LogP contribution in [0.2, 0.25) is 0 Å². The highest BCUT2D eigenvalue weighted by atomic mass is 16.5. The van der Waals surface area contributed by atoms with E-state index in [0.29, 0.717) is 11.4 Å². The molecular formula is C9H14N2O2. The monoisotopic (exact) mass is 182 g/mol. The molecule has 3 N–H and O–H groups in total. The van der Waals surface area contributed by atoms with Crippen molar-refractivity contribution in [2.45, 2.75) is 12.5 Å². The molecule has 1 aromatic heterocycles. The number of aliphatic hydroxyl groups is 1. The number of methoxy groups -OCH3 is 1. The summed E-state index contributed by atoms with van der Waals surface area (Å²) < 4.78 is 5.01. The van der Waals surface area contributed by atoms with Crippen molar-refractivity contribution in [2.24, 2.45) is 5.73 Å². The maximum Gasteiger partial charge on any atom is 0.219 e. The Bertz CT molecular complexity index is 287. The van der Waals surface area contributed by atoms with Crippen LogP contribution in [0.3, 0.4) is 0 Å². The van der Waals surface area contributed by atoms with Crippen molar-refractivity contribution < 1.29 is 9.84 Å². The zero-order valence-corrected chi connectivity index (χ0v) is 7.82. The Morgan fingerprint density at radius 3 is 2.92 bits per heavy atom. The first-order chi connectivity index (χ1) is 6.11. The Kier molecular flexibility index (Phi) is 2.85. The van der Waals surface area contributed by atoms with Gasteiger partial charge in [-0.25, -0.2) is 4.98 Å². The molecule has 1 heterocycles. The lowest BCUT2D eigenvalue weighted by molar-refractivity contribution is 0.0633. The molecule has 1 aromatic rings. The minimum Gasteiger partial charge on any atom is -0.481 e. The van der Waals surface area contributed by atoms with Crippen molar-refractivity contribution in [1.29, 1.82) is 0 Å². The van der Waals surface area contributed by atoms with E-state index < -0.39 is 5.60 Å². The van der Waals surface area contributed by atoms with Crippen molar-refractivity contribution in [3.8, 4) is 5.88 Å². The van der Waals surface area contributed by atoms with E-state index in [1.807, 2.05) is 0 Å². The summed E-state index contributed by atoms with van der Waals surface area (Å²) in [5.41, 5.74) is 4.96. The lowest BCUT2D eigenvalue weighted by Crippen LogP contribution is -2.31. The number of pyridine rings is 1. The van der Waals surface area contributed by atoms with Crippen LogP contribution in [-0.2, 0) is 5.60 Å². The van der Waals surface area contributed by atoms with Gasteiger partial charge in [0.25, 0.3) is 0 Å². The number of nitrogens with two attached hydrogens (primary N) is 1. The topological polar surface area (TPSA) is 68.4 Å². The van der Waals surface area contributed by atoms with Gasteiger partial charge in [0.1, 0.15) is 5.60 Å². The van der Waals surface area contributed by atoms with Crippen LogP contribution in [0.25, 0.3) is 0 Å². The molecule has 0 bridgehead atoms. The molecule has 1 atom stereocenters. The molecule has 1 unspecified atom stereocenters. The van der Waals surface area contributed by atoms with Crippen molar-refractivity contribution in [2.75, 3.05) is 13.7 Å². The first kappa shape index (κ1) is 9.95. The molecule has 4 nitrogen and oxygen atoms in total. The number of aromatic nitrogens is 1. The number of rotatable bonds is 3. The van der Waals surface area contributed by atoms with E-state index in [1.165, 1.54) is 7.11 Å². The predicted molar refractivity (Wildman–Crippen MR) is 49.4 cm³/mol. The SMILES string of the molecule is COc1ncccc1C(C)(O)CN. The Labute approximate surface area is 77.4 Å². The van der Waals surface area contributed by atoms with E-state index in [1.54, 1.807) is 25.3 Å². The van der Waals surface area contributed by atoms with Crippen molar-refractivity contribution in [1.82, 2.24) is 4.98 Å². The van der Waals surface area contributed by atoms with Crippen LogP contribution in [0.5, 0.6) is 5.88 Å². The molecule has 0 amide bonds. The quantitative estimate of drug-likeness (QED) is 0.703. The second-order valence-electron chi connectivity index (χ2n) is 3.04. The molecule has 0 saturated heterocycles. The molecule has 0 radical (unpaired) electrons.